The minimum absolute atomic E-state index is 0. The number of thioether (sulfide) groups is 1. The molecular formula is C19H18FeO2S. The second-order valence-corrected chi connectivity index (χ2v) is 5.61. The number of hydrogen-bond acceptors (Lipinski definition) is 3. The molecule has 0 fully saturated rings. The van der Waals surface area contributed by atoms with E-state index in [0.29, 0.717) is 5.57 Å². The molecule has 0 radical (unpaired) electrons. The summed E-state index contributed by atoms with van der Waals surface area (Å²) in [6.45, 7) is 0. The summed E-state index contributed by atoms with van der Waals surface area (Å²) in [5.74, 6) is 0.789. The summed E-state index contributed by atoms with van der Waals surface area (Å²) in [4.78, 5) is 1.34. The maximum Gasteiger partial charge on any atom is 2.00 e. The Morgan fingerprint density at radius 3 is 2.35 bits per heavy atom. The number of hydrogen-bond donors (Lipinski definition) is 0. The molecule has 0 unspecified atom stereocenters. The molecular weight excluding hydrogens is 348 g/mol. The Bertz CT molecular complexity index is 629. The number of rotatable bonds is 4. The Hall–Kier alpha value is -1.74. The van der Waals surface area contributed by atoms with Gasteiger partial charge in [-0.1, -0.05) is 42.5 Å². The van der Waals surface area contributed by atoms with Crippen LogP contribution in [0.2, 0.25) is 0 Å². The molecule has 0 aromatic heterocycles. The molecule has 120 valence electrons. The fourth-order valence-corrected chi connectivity index (χ4v) is 2.70. The third-order valence-corrected chi connectivity index (χ3v) is 4.05. The average molecular weight is 366 g/mol. The van der Waals surface area contributed by atoms with Crippen LogP contribution in [0.3, 0.4) is 0 Å². The van der Waals surface area contributed by atoms with Crippen molar-refractivity contribution in [3.63, 3.8) is 0 Å². The van der Waals surface area contributed by atoms with Crippen molar-refractivity contribution >= 4 is 11.8 Å². The zero-order valence-electron chi connectivity index (χ0n) is 12.8. The minimum Gasteiger partial charge on any atom is -0.616 e. The van der Waals surface area contributed by atoms with E-state index in [4.69, 9.17) is 0 Å². The third kappa shape index (κ3) is 6.91. The molecule has 0 atom stereocenters. The van der Waals surface area contributed by atoms with E-state index in [9.17, 15) is 5.11 Å². The van der Waals surface area contributed by atoms with E-state index in [1.54, 1.807) is 24.3 Å². The molecule has 4 heteroatoms. The van der Waals surface area contributed by atoms with Crippen LogP contribution in [0.4, 0.5) is 0 Å². The van der Waals surface area contributed by atoms with Crippen molar-refractivity contribution in [2.45, 2.75) is 10.6 Å². The van der Waals surface area contributed by atoms with E-state index < -0.39 is 0 Å². The zero-order chi connectivity index (χ0) is 15.6. The second kappa shape index (κ2) is 10.9. The van der Waals surface area contributed by atoms with Gasteiger partial charge in [0.15, 0.2) is 0 Å². The Labute approximate surface area is 152 Å². The number of methoxy groups -OCH3 is 1. The monoisotopic (exact) mass is 366 g/mol. The predicted molar refractivity (Wildman–Crippen MR) is 90.4 cm³/mol. The third-order valence-electron chi connectivity index (χ3n) is 2.96. The molecule has 1 aliphatic rings. The van der Waals surface area contributed by atoms with Gasteiger partial charge in [0.25, 0.3) is 0 Å². The molecule has 0 aliphatic heterocycles. The van der Waals surface area contributed by atoms with Crippen molar-refractivity contribution < 1.29 is 26.9 Å². The standard InChI is InChI=1S/C12H11S.C7H8O2.Fe/c1-2-8-12(9-3-1)13-10-11-6-4-5-7-11;1-9-7(8)6-4-2-3-5-6;/h1-9H,10H2;2-5,8H,1H3;/q-1;;+2/p-1. The molecule has 23 heavy (non-hydrogen) atoms. The van der Waals surface area contributed by atoms with Crippen LogP contribution in [0, 0.1) is 0 Å². The molecule has 1 aliphatic carbocycles. The fraction of sp³-hybridized carbons (Fsp3) is 0.105. The van der Waals surface area contributed by atoms with Crippen LogP contribution in [0.1, 0.15) is 5.56 Å². The van der Waals surface area contributed by atoms with E-state index in [-0.39, 0.29) is 23.0 Å². The summed E-state index contributed by atoms with van der Waals surface area (Å²) in [5.41, 5.74) is 2.01. The second-order valence-electron chi connectivity index (χ2n) is 4.56. The normalized spacial score (nSPS) is 11.4. The Morgan fingerprint density at radius 1 is 1.09 bits per heavy atom. The van der Waals surface area contributed by atoms with Crippen molar-refractivity contribution in [2.24, 2.45) is 0 Å². The van der Waals surface area contributed by atoms with Gasteiger partial charge in [-0.25, -0.2) is 12.1 Å². The Kier molecular flexibility index (Phi) is 9.15. The summed E-state index contributed by atoms with van der Waals surface area (Å²) >= 11 is 1.88. The van der Waals surface area contributed by atoms with Crippen LogP contribution < -0.4 is 5.11 Å². The maximum absolute atomic E-state index is 10.7. The van der Waals surface area contributed by atoms with Gasteiger partial charge in [0.1, 0.15) is 0 Å². The van der Waals surface area contributed by atoms with Gasteiger partial charge in [-0.05, 0) is 30.6 Å². The average Bonchev–Trinajstić information content (AvgIpc) is 3.27. The van der Waals surface area contributed by atoms with Gasteiger partial charge in [0.2, 0.25) is 0 Å². The molecule has 2 aromatic carbocycles. The van der Waals surface area contributed by atoms with Crippen LogP contribution in [0.5, 0.6) is 0 Å². The van der Waals surface area contributed by atoms with Gasteiger partial charge in [-0.3, -0.25) is 0 Å². The van der Waals surface area contributed by atoms with Gasteiger partial charge in [-0.2, -0.15) is 17.7 Å². The largest absolute Gasteiger partial charge is 2.00 e. The molecule has 0 spiro atoms. The number of benzene rings is 1. The van der Waals surface area contributed by atoms with Gasteiger partial charge in [-0.15, -0.1) is 11.8 Å². The first-order valence-corrected chi connectivity index (χ1v) is 7.96. The summed E-state index contributed by atoms with van der Waals surface area (Å²) in [6.07, 6.45) is 7.02. The zero-order valence-corrected chi connectivity index (χ0v) is 14.7. The van der Waals surface area contributed by atoms with Crippen LogP contribution in [0.15, 0.2) is 95.3 Å². The van der Waals surface area contributed by atoms with Crippen molar-refractivity contribution in [2.75, 3.05) is 7.11 Å². The molecule has 0 bridgehead atoms. The van der Waals surface area contributed by atoms with Gasteiger partial charge in [0.05, 0.1) is 5.95 Å². The topological polar surface area (TPSA) is 32.3 Å². The SMILES string of the molecule is COC([O-])=C1C=CC=C1.[Fe+2].c1ccc(SCc2ccc[cH-]2)cc1. The van der Waals surface area contributed by atoms with E-state index in [0.717, 1.165) is 5.75 Å². The van der Waals surface area contributed by atoms with Crippen LogP contribution in [0.25, 0.3) is 0 Å². The van der Waals surface area contributed by atoms with E-state index in [2.05, 4.69) is 53.3 Å². The smallest absolute Gasteiger partial charge is 0.616 e. The first-order chi connectivity index (χ1) is 10.8. The summed E-state index contributed by atoms with van der Waals surface area (Å²) in [5, 5.41) is 10.7. The van der Waals surface area contributed by atoms with E-state index in [1.807, 2.05) is 17.8 Å². The first kappa shape index (κ1) is 19.3. The molecule has 0 amide bonds. The maximum atomic E-state index is 10.7. The Morgan fingerprint density at radius 2 is 1.78 bits per heavy atom. The van der Waals surface area contributed by atoms with E-state index in [1.165, 1.54) is 17.6 Å². The molecule has 2 aromatic rings. The fourth-order valence-electron chi connectivity index (χ4n) is 1.82. The van der Waals surface area contributed by atoms with Crippen molar-refractivity contribution in [3.05, 3.63) is 96.0 Å². The number of allylic oxidation sites excluding steroid dienone is 5. The van der Waals surface area contributed by atoms with Gasteiger partial charge >= 0.3 is 17.1 Å². The van der Waals surface area contributed by atoms with Crippen molar-refractivity contribution in [1.82, 2.24) is 0 Å². The summed E-state index contributed by atoms with van der Waals surface area (Å²) in [6, 6.07) is 19.0. The van der Waals surface area contributed by atoms with Crippen LogP contribution >= 0.6 is 11.8 Å². The van der Waals surface area contributed by atoms with Crippen molar-refractivity contribution in [1.29, 1.82) is 0 Å². The van der Waals surface area contributed by atoms with Crippen LogP contribution in [-0.4, -0.2) is 7.11 Å². The first-order valence-electron chi connectivity index (χ1n) is 6.98. The van der Waals surface area contributed by atoms with Gasteiger partial charge < -0.3 is 9.84 Å². The Balaban J connectivity index is 0.000000235. The van der Waals surface area contributed by atoms with Crippen molar-refractivity contribution in [3.8, 4) is 0 Å². The molecule has 0 saturated heterocycles. The quantitative estimate of drug-likeness (QED) is 0.355. The minimum atomic E-state index is -0.278. The predicted octanol–water partition coefficient (Wildman–Crippen LogP) is 4.03. The van der Waals surface area contributed by atoms with Gasteiger partial charge in [0, 0.05) is 4.90 Å². The summed E-state index contributed by atoms with van der Waals surface area (Å²) < 4.78 is 4.46. The molecule has 2 nitrogen and oxygen atoms in total. The number of ether oxygens (including phenoxy) is 1. The summed E-state index contributed by atoms with van der Waals surface area (Å²) in [7, 11) is 1.37. The molecule has 0 heterocycles. The molecule has 0 saturated carbocycles. The van der Waals surface area contributed by atoms with Crippen LogP contribution in [-0.2, 0) is 27.6 Å². The van der Waals surface area contributed by atoms with E-state index >= 15 is 0 Å². The molecule has 0 N–H and O–H groups in total. The molecule has 3 rings (SSSR count).